The van der Waals surface area contributed by atoms with Gasteiger partial charge in [-0.2, -0.15) is 0 Å². The van der Waals surface area contributed by atoms with Crippen molar-refractivity contribution in [3.05, 3.63) is 10.4 Å². The highest BCUT2D eigenvalue weighted by atomic mass is 16.4. The predicted octanol–water partition coefficient (Wildman–Crippen LogP) is 0.911. The van der Waals surface area contributed by atoms with E-state index in [4.69, 9.17) is 10.6 Å². The molecule has 1 fully saturated rings. The van der Waals surface area contributed by atoms with Gasteiger partial charge >= 0.3 is 5.97 Å². The van der Waals surface area contributed by atoms with E-state index in [0.29, 0.717) is 12.8 Å². The molecule has 0 aromatic heterocycles. The van der Waals surface area contributed by atoms with Crippen molar-refractivity contribution in [1.82, 2.24) is 0 Å². The second kappa shape index (κ2) is 4.11. The topological polar surface area (TPSA) is 106 Å². The molecule has 0 aliphatic heterocycles. The maximum Gasteiger partial charge on any atom is 0.303 e. The Morgan fingerprint density at radius 3 is 2.85 bits per heavy atom. The average molecular weight is 185 g/mol. The third-order valence-electron chi connectivity index (χ3n) is 2.35. The number of aliphatic carboxylic acids is 1. The zero-order chi connectivity index (χ0) is 9.84. The second-order valence-corrected chi connectivity index (χ2v) is 3.20. The molecule has 3 atom stereocenters. The number of azide groups is 1. The van der Waals surface area contributed by atoms with Crippen LogP contribution in [0.4, 0.5) is 0 Å². The third kappa shape index (κ3) is 2.34. The Balaban J connectivity index is 2.54. The molecule has 0 radical (unpaired) electrons. The van der Waals surface area contributed by atoms with Crippen LogP contribution in [0.1, 0.15) is 19.3 Å². The number of aliphatic hydroxyl groups is 1. The van der Waals surface area contributed by atoms with Crippen LogP contribution in [0.25, 0.3) is 10.4 Å². The van der Waals surface area contributed by atoms with Gasteiger partial charge in [-0.1, -0.05) is 5.11 Å². The quantitative estimate of drug-likeness (QED) is 0.387. The van der Waals surface area contributed by atoms with Crippen LogP contribution in [0.5, 0.6) is 0 Å². The average Bonchev–Trinajstić information content (AvgIpc) is 2.36. The molecule has 1 rings (SSSR count). The summed E-state index contributed by atoms with van der Waals surface area (Å²) in [6.07, 6.45) is 0.325. The van der Waals surface area contributed by atoms with Gasteiger partial charge in [0, 0.05) is 4.91 Å². The van der Waals surface area contributed by atoms with Crippen LogP contribution in [-0.4, -0.2) is 28.3 Å². The summed E-state index contributed by atoms with van der Waals surface area (Å²) < 4.78 is 0. The van der Waals surface area contributed by atoms with E-state index in [1.54, 1.807) is 0 Å². The van der Waals surface area contributed by atoms with Crippen molar-refractivity contribution in [1.29, 1.82) is 0 Å². The molecule has 72 valence electrons. The van der Waals surface area contributed by atoms with Gasteiger partial charge in [0.2, 0.25) is 0 Å². The van der Waals surface area contributed by atoms with Crippen molar-refractivity contribution >= 4 is 5.97 Å². The fraction of sp³-hybridized carbons (Fsp3) is 0.857. The van der Waals surface area contributed by atoms with E-state index in [1.807, 2.05) is 0 Å². The monoisotopic (exact) mass is 185 g/mol. The summed E-state index contributed by atoms with van der Waals surface area (Å²) in [4.78, 5) is 13.0. The minimum Gasteiger partial charge on any atom is -0.481 e. The Morgan fingerprint density at radius 1 is 1.62 bits per heavy atom. The van der Waals surface area contributed by atoms with Gasteiger partial charge in [0.05, 0.1) is 18.6 Å². The number of hydrogen-bond donors (Lipinski definition) is 2. The van der Waals surface area contributed by atoms with Gasteiger partial charge in [-0.05, 0) is 24.3 Å². The van der Waals surface area contributed by atoms with E-state index in [2.05, 4.69) is 10.0 Å². The lowest BCUT2D eigenvalue weighted by Crippen LogP contribution is -2.25. The van der Waals surface area contributed by atoms with Crippen LogP contribution in [-0.2, 0) is 4.79 Å². The summed E-state index contributed by atoms with van der Waals surface area (Å²) in [6.45, 7) is 0. The SMILES string of the molecule is [N-]=[N+]=NC1CCC(CC(=O)O)C1O. The lowest BCUT2D eigenvalue weighted by Gasteiger charge is -2.13. The summed E-state index contributed by atoms with van der Waals surface area (Å²) >= 11 is 0. The van der Waals surface area contributed by atoms with Crippen molar-refractivity contribution in [3.63, 3.8) is 0 Å². The number of rotatable bonds is 3. The molecule has 13 heavy (non-hydrogen) atoms. The van der Waals surface area contributed by atoms with Gasteiger partial charge in [-0.3, -0.25) is 4.79 Å². The first-order valence-corrected chi connectivity index (χ1v) is 4.09. The highest BCUT2D eigenvalue weighted by molar-refractivity contribution is 5.67. The molecule has 0 saturated heterocycles. The fourth-order valence-corrected chi connectivity index (χ4v) is 1.68. The standard InChI is InChI=1S/C7H11N3O3/c8-10-9-5-2-1-4(7(5)13)3-6(11)12/h4-5,7,13H,1-3H2,(H,11,12). The molecule has 0 aromatic carbocycles. The predicted molar refractivity (Wildman–Crippen MR) is 43.9 cm³/mol. The van der Waals surface area contributed by atoms with Crippen molar-refractivity contribution < 1.29 is 15.0 Å². The van der Waals surface area contributed by atoms with Crippen molar-refractivity contribution in [2.24, 2.45) is 11.0 Å². The van der Waals surface area contributed by atoms with Gasteiger partial charge < -0.3 is 10.2 Å². The number of nitrogens with zero attached hydrogens (tertiary/aromatic N) is 3. The number of carbonyl (C=O) groups is 1. The molecule has 0 aromatic rings. The van der Waals surface area contributed by atoms with Crippen LogP contribution >= 0.6 is 0 Å². The van der Waals surface area contributed by atoms with Crippen molar-refractivity contribution in [2.75, 3.05) is 0 Å². The third-order valence-corrected chi connectivity index (χ3v) is 2.35. The lowest BCUT2D eigenvalue weighted by atomic mass is 10.0. The minimum atomic E-state index is -0.925. The van der Waals surface area contributed by atoms with Crippen LogP contribution in [0.3, 0.4) is 0 Å². The lowest BCUT2D eigenvalue weighted by molar-refractivity contribution is -0.138. The molecule has 0 heterocycles. The van der Waals surface area contributed by atoms with Crippen LogP contribution < -0.4 is 0 Å². The maximum atomic E-state index is 10.4. The Morgan fingerprint density at radius 2 is 2.31 bits per heavy atom. The fourth-order valence-electron chi connectivity index (χ4n) is 1.68. The molecule has 2 N–H and O–H groups in total. The molecule has 6 heteroatoms. The highest BCUT2D eigenvalue weighted by Crippen LogP contribution is 2.30. The van der Waals surface area contributed by atoms with E-state index < -0.39 is 18.1 Å². The molecule has 1 saturated carbocycles. The van der Waals surface area contributed by atoms with Crippen LogP contribution in [0, 0.1) is 5.92 Å². The highest BCUT2D eigenvalue weighted by Gasteiger charge is 2.35. The molecular formula is C7H11N3O3. The van der Waals surface area contributed by atoms with E-state index >= 15 is 0 Å². The second-order valence-electron chi connectivity index (χ2n) is 3.20. The van der Waals surface area contributed by atoms with E-state index in [-0.39, 0.29) is 12.3 Å². The number of hydrogen-bond acceptors (Lipinski definition) is 3. The Bertz CT molecular complexity index is 249. The summed E-state index contributed by atoms with van der Waals surface area (Å²) in [5.41, 5.74) is 8.14. The summed E-state index contributed by atoms with van der Waals surface area (Å²) in [5, 5.41) is 21.4. The van der Waals surface area contributed by atoms with E-state index in [9.17, 15) is 9.90 Å². The summed E-state index contributed by atoms with van der Waals surface area (Å²) in [5.74, 6) is -1.20. The van der Waals surface area contributed by atoms with Crippen molar-refractivity contribution in [2.45, 2.75) is 31.4 Å². The van der Waals surface area contributed by atoms with Crippen molar-refractivity contribution in [3.8, 4) is 0 Å². The first-order valence-electron chi connectivity index (χ1n) is 4.09. The Kier molecular flexibility index (Phi) is 3.11. The smallest absolute Gasteiger partial charge is 0.303 e. The first kappa shape index (κ1) is 9.83. The molecule has 0 bridgehead atoms. The minimum absolute atomic E-state index is 0.0569. The Hall–Kier alpha value is -1.26. The number of carboxylic acid groups (broad SMARTS) is 1. The van der Waals surface area contributed by atoms with Gasteiger partial charge in [0.1, 0.15) is 0 Å². The zero-order valence-corrected chi connectivity index (χ0v) is 7.00. The normalized spacial score (nSPS) is 32.5. The molecule has 0 amide bonds. The van der Waals surface area contributed by atoms with Gasteiger partial charge in [-0.15, -0.1) is 0 Å². The van der Waals surface area contributed by atoms with E-state index in [0.717, 1.165) is 0 Å². The molecular weight excluding hydrogens is 174 g/mol. The summed E-state index contributed by atoms with van der Waals surface area (Å²) in [6, 6.07) is -0.450. The largest absolute Gasteiger partial charge is 0.481 e. The van der Waals surface area contributed by atoms with Crippen LogP contribution in [0.15, 0.2) is 5.11 Å². The molecule has 1 aliphatic rings. The van der Waals surface area contributed by atoms with E-state index in [1.165, 1.54) is 0 Å². The molecule has 1 aliphatic carbocycles. The maximum absolute atomic E-state index is 10.4. The number of aliphatic hydroxyl groups excluding tert-OH is 1. The molecule has 0 spiro atoms. The Labute approximate surface area is 74.8 Å². The van der Waals surface area contributed by atoms with Crippen LogP contribution in [0.2, 0.25) is 0 Å². The number of carboxylic acids is 1. The van der Waals surface area contributed by atoms with Gasteiger partial charge in [0.25, 0.3) is 0 Å². The van der Waals surface area contributed by atoms with Gasteiger partial charge in [-0.25, -0.2) is 0 Å². The van der Waals surface area contributed by atoms with Gasteiger partial charge in [0.15, 0.2) is 0 Å². The zero-order valence-electron chi connectivity index (χ0n) is 7.00. The molecule has 3 unspecified atom stereocenters. The first-order chi connectivity index (χ1) is 6.15. The molecule has 6 nitrogen and oxygen atoms in total. The summed E-state index contributed by atoms with van der Waals surface area (Å²) in [7, 11) is 0.